The normalized spacial score (nSPS) is 11.7. The molecular formula is C17H12ClF3N2O2. The number of alkyl halides is 3. The fourth-order valence-electron chi connectivity index (χ4n) is 2.70. The number of aromatic amines is 1. The van der Waals surface area contributed by atoms with Crippen LogP contribution in [0.2, 0.25) is 5.02 Å². The van der Waals surface area contributed by atoms with E-state index in [4.69, 9.17) is 17.3 Å². The zero-order chi connectivity index (χ0) is 18.4. The van der Waals surface area contributed by atoms with Crippen LogP contribution in [0, 0.1) is 6.92 Å². The number of carbonyl (C=O) groups is 1. The van der Waals surface area contributed by atoms with Crippen molar-refractivity contribution in [3.8, 4) is 16.9 Å². The van der Waals surface area contributed by atoms with E-state index in [0.29, 0.717) is 32.6 Å². The van der Waals surface area contributed by atoms with E-state index < -0.39 is 12.3 Å². The number of amides is 1. The molecule has 1 heterocycles. The Labute approximate surface area is 145 Å². The molecule has 0 fully saturated rings. The summed E-state index contributed by atoms with van der Waals surface area (Å²) in [6, 6.07) is 8.73. The molecule has 3 aromatic rings. The number of primary amides is 1. The van der Waals surface area contributed by atoms with Crippen LogP contribution in [0.3, 0.4) is 0 Å². The first-order chi connectivity index (χ1) is 11.7. The average Bonchev–Trinajstić information content (AvgIpc) is 2.83. The first-order valence-corrected chi connectivity index (χ1v) is 7.51. The number of carbonyl (C=O) groups excluding carboxylic acids is 1. The molecule has 0 bridgehead atoms. The maximum atomic E-state index is 12.3. The second-order valence-corrected chi connectivity index (χ2v) is 5.87. The second-order valence-electron chi connectivity index (χ2n) is 5.44. The van der Waals surface area contributed by atoms with Gasteiger partial charge in [0, 0.05) is 16.0 Å². The number of halogens is 4. The van der Waals surface area contributed by atoms with Gasteiger partial charge in [-0.25, -0.2) is 0 Å². The number of hydrogen-bond donors (Lipinski definition) is 2. The van der Waals surface area contributed by atoms with Crippen molar-refractivity contribution >= 4 is 28.4 Å². The van der Waals surface area contributed by atoms with Crippen LogP contribution in [0.5, 0.6) is 5.75 Å². The fraction of sp³-hybridized carbons (Fsp3) is 0.118. The highest BCUT2D eigenvalue weighted by atomic mass is 35.5. The lowest BCUT2D eigenvalue weighted by atomic mass is 10.0. The molecule has 0 atom stereocenters. The van der Waals surface area contributed by atoms with Crippen molar-refractivity contribution in [2.45, 2.75) is 13.3 Å². The molecule has 0 saturated heterocycles. The van der Waals surface area contributed by atoms with Crippen molar-refractivity contribution in [1.82, 2.24) is 4.98 Å². The summed E-state index contributed by atoms with van der Waals surface area (Å²) in [5.41, 5.74) is 8.14. The number of hydrogen-bond acceptors (Lipinski definition) is 2. The molecule has 0 aliphatic heterocycles. The summed E-state index contributed by atoms with van der Waals surface area (Å²) in [4.78, 5) is 14.5. The number of rotatable bonds is 3. The number of nitrogens with two attached hydrogens (primary N) is 1. The minimum Gasteiger partial charge on any atom is -0.406 e. The van der Waals surface area contributed by atoms with Gasteiger partial charge in [-0.3, -0.25) is 4.79 Å². The highest BCUT2D eigenvalue weighted by molar-refractivity contribution is 6.32. The Hall–Kier alpha value is -2.67. The van der Waals surface area contributed by atoms with Crippen molar-refractivity contribution in [3.63, 3.8) is 0 Å². The minimum absolute atomic E-state index is 0.260. The molecule has 0 spiro atoms. The Morgan fingerprint density at radius 3 is 2.40 bits per heavy atom. The van der Waals surface area contributed by atoms with E-state index in [-0.39, 0.29) is 11.4 Å². The van der Waals surface area contributed by atoms with E-state index >= 15 is 0 Å². The van der Waals surface area contributed by atoms with Crippen LogP contribution in [0.15, 0.2) is 36.4 Å². The Kier molecular flexibility index (Phi) is 4.12. The molecule has 0 aliphatic carbocycles. The summed E-state index contributed by atoms with van der Waals surface area (Å²) < 4.78 is 40.6. The van der Waals surface area contributed by atoms with E-state index in [1.54, 1.807) is 19.1 Å². The molecule has 1 aromatic heterocycles. The van der Waals surface area contributed by atoms with Gasteiger partial charge in [-0.05, 0) is 42.3 Å². The largest absolute Gasteiger partial charge is 0.573 e. The predicted octanol–water partition coefficient (Wildman–Crippen LogP) is 4.79. The van der Waals surface area contributed by atoms with Crippen LogP contribution < -0.4 is 10.5 Å². The lowest BCUT2D eigenvalue weighted by molar-refractivity contribution is -0.274. The summed E-state index contributed by atoms with van der Waals surface area (Å²) in [7, 11) is 0. The summed E-state index contributed by atoms with van der Waals surface area (Å²) in [5, 5.41) is 1.14. The van der Waals surface area contributed by atoms with Crippen LogP contribution in [-0.4, -0.2) is 17.3 Å². The van der Waals surface area contributed by atoms with Crippen LogP contribution in [0.4, 0.5) is 13.2 Å². The van der Waals surface area contributed by atoms with Crippen molar-refractivity contribution in [3.05, 3.63) is 52.7 Å². The number of fused-ring (bicyclic) bond motifs is 1. The molecule has 3 rings (SSSR count). The van der Waals surface area contributed by atoms with Gasteiger partial charge in [-0.1, -0.05) is 23.7 Å². The predicted molar refractivity (Wildman–Crippen MR) is 88.7 cm³/mol. The summed E-state index contributed by atoms with van der Waals surface area (Å²) in [5.74, 6) is -0.931. The van der Waals surface area contributed by atoms with Crippen LogP contribution >= 0.6 is 11.6 Å². The zero-order valence-electron chi connectivity index (χ0n) is 12.9. The minimum atomic E-state index is -4.75. The maximum absolute atomic E-state index is 12.3. The van der Waals surface area contributed by atoms with Gasteiger partial charge >= 0.3 is 6.36 Å². The molecule has 3 N–H and O–H groups in total. The lowest BCUT2D eigenvalue weighted by Crippen LogP contribution is -2.16. The van der Waals surface area contributed by atoms with Gasteiger partial charge < -0.3 is 15.5 Å². The summed E-state index contributed by atoms with van der Waals surface area (Å²) in [6.07, 6.45) is -4.75. The van der Waals surface area contributed by atoms with E-state index in [2.05, 4.69) is 9.72 Å². The molecule has 1 amide bonds. The molecule has 2 aromatic carbocycles. The van der Waals surface area contributed by atoms with Crippen LogP contribution in [-0.2, 0) is 0 Å². The third-order valence-electron chi connectivity index (χ3n) is 3.78. The van der Waals surface area contributed by atoms with E-state index in [9.17, 15) is 18.0 Å². The molecule has 130 valence electrons. The second kappa shape index (κ2) is 6.00. The Bertz CT molecular complexity index is 963. The van der Waals surface area contributed by atoms with Gasteiger partial charge in [0.15, 0.2) is 0 Å². The van der Waals surface area contributed by atoms with Gasteiger partial charge in [0.1, 0.15) is 11.4 Å². The van der Waals surface area contributed by atoms with Crippen LogP contribution in [0.25, 0.3) is 22.0 Å². The Balaban J connectivity index is 2.12. The third kappa shape index (κ3) is 3.41. The van der Waals surface area contributed by atoms with E-state index in [0.717, 1.165) is 0 Å². The lowest BCUT2D eigenvalue weighted by Gasteiger charge is -2.10. The smallest absolute Gasteiger partial charge is 0.406 e. The van der Waals surface area contributed by atoms with E-state index in [1.165, 1.54) is 24.3 Å². The molecule has 4 nitrogen and oxygen atoms in total. The SMILES string of the molecule is Cc1c(C(N)=O)[nH]c2c(-c3ccc(OC(F)(F)F)cc3)cc(Cl)cc12. The number of benzene rings is 2. The standard InChI is InChI=1S/C17H12ClF3N2O2/c1-8-12-6-10(18)7-13(15(12)23-14(8)16(22)24)9-2-4-11(5-3-9)25-17(19,20)21/h2-7,23H,1H3,(H2,22,24). The first-order valence-electron chi connectivity index (χ1n) is 7.13. The number of H-pyrrole nitrogens is 1. The number of ether oxygens (including phenoxy) is 1. The van der Waals surface area contributed by atoms with Crippen molar-refractivity contribution in [2.24, 2.45) is 5.73 Å². The van der Waals surface area contributed by atoms with Crippen molar-refractivity contribution in [2.75, 3.05) is 0 Å². The highest BCUT2D eigenvalue weighted by Crippen LogP contribution is 2.35. The average molecular weight is 369 g/mol. The topological polar surface area (TPSA) is 68.1 Å². The first kappa shape index (κ1) is 17.2. The van der Waals surface area contributed by atoms with Gasteiger partial charge in [0.25, 0.3) is 5.91 Å². The highest BCUT2D eigenvalue weighted by Gasteiger charge is 2.31. The molecule has 0 saturated carbocycles. The zero-order valence-corrected chi connectivity index (χ0v) is 13.6. The molecule has 0 unspecified atom stereocenters. The number of nitrogens with one attached hydrogen (secondary N) is 1. The molecular weight excluding hydrogens is 357 g/mol. The number of aromatic nitrogens is 1. The quantitative estimate of drug-likeness (QED) is 0.697. The van der Waals surface area contributed by atoms with Crippen molar-refractivity contribution in [1.29, 1.82) is 0 Å². The van der Waals surface area contributed by atoms with Gasteiger partial charge in [-0.2, -0.15) is 0 Å². The Morgan fingerprint density at radius 1 is 1.20 bits per heavy atom. The molecule has 0 aliphatic rings. The maximum Gasteiger partial charge on any atom is 0.573 e. The third-order valence-corrected chi connectivity index (χ3v) is 4.00. The summed E-state index contributed by atoms with van der Waals surface area (Å²) in [6.45, 7) is 1.74. The van der Waals surface area contributed by atoms with Crippen LogP contribution in [0.1, 0.15) is 16.1 Å². The van der Waals surface area contributed by atoms with Gasteiger partial charge in [0.2, 0.25) is 0 Å². The van der Waals surface area contributed by atoms with Crippen molar-refractivity contribution < 1.29 is 22.7 Å². The molecule has 0 radical (unpaired) electrons. The molecule has 8 heteroatoms. The Morgan fingerprint density at radius 2 is 1.84 bits per heavy atom. The monoisotopic (exact) mass is 368 g/mol. The fourth-order valence-corrected chi connectivity index (χ4v) is 2.92. The van der Waals surface area contributed by atoms with Gasteiger partial charge in [0.05, 0.1) is 5.52 Å². The van der Waals surface area contributed by atoms with E-state index in [1.807, 2.05) is 0 Å². The molecule has 25 heavy (non-hydrogen) atoms. The summed E-state index contributed by atoms with van der Waals surface area (Å²) >= 11 is 6.15. The number of aryl methyl sites for hydroxylation is 1. The van der Waals surface area contributed by atoms with Gasteiger partial charge in [-0.15, -0.1) is 13.2 Å².